The van der Waals surface area contributed by atoms with E-state index in [1.807, 2.05) is 0 Å². The number of benzene rings is 2. The minimum absolute atomic E-state index is 0.110. The summed E-state index contributed by atoms with van der Waals surface area (Å²) in [5.41, 5.74) is 2.14. The van der Waals surface area contributed by atoms with Crippen molar-refractivity contribution in [2.45, 2.75) is 32.0 Å². The van der Waals surface area contributed by atoms with E-state index in [2.05, 4.69) is 15.5 Å². The summed E-state index contributed by atoms with van der Waals surface area (Å²) >= 11 is 0. The molecule has 0 aliphatic carbocycles. The van der Waals surface area contributed by atoms with Gasteiger partial charge in [-0.25, -0.2) is 8.78 Å². The number of aromatic nitrogens is 4. The number of nitrogens with zero attached hydrogens (tertiary/aromatic N) is 4. The number of hydrogen-bond donors (Lipinski definition) is 2. The van der Waals surface area contributed by atoms with Crippen molar-refractivity contribution in [3.8, 4) is 0 Å². The number of halogens is 2. The summed E-state index contributed by atoms with van der Waals surface area (Å²) in [6.45, 7) is 1.86. The van der Waals surface area contributed by atoms with Gasteiger partial charge in [-0.3, -0.25) is 4.79 Å². The highest BCUT2D eigenvalue weighted by Crippen LogP contribution is 2.30. The first-order valence-electron chi connectivity index (χ1n) is 10.6. The molecule has 0 saturated carbocycles. The van der Waals surface area contributed by atoms with Crippen LogP contribution in [0.15, 0.2) is 67.0 Å². The van der Waals surface area contributed by atoms with Gasteiger partial charge >= 0.3 is 5.97 Å². The van der Waals surface area contributed by atoms with Crippen LogP contribution in [0.2, 0.25) is 0 Å². The number of rotatable bonds is 10. The highest BCUT2D eigenvalue weighted by molar-refractivity contribution is 5.96. The molecule has 0 radical (unpaired) electrons. The molecule has 10 heteroatoms. The van der Waals surface area contributed by atoms with Gasteiger partial charge in [0.1, 0.15) is 18.0 Å². The lowest BCUT2D eigenvalue weighted by Crippen LogP contribution is -2.20. The third-order valence-electron chi connectivity index (χ3n) is 4.82. The van der Waals surface area contributed by atoms with Gasteiger partial charge in [-0.2, -0.15) is 4.68 Å². The Hall–Kier alpha value is -3.76. The van der Waals surface area contributed by atoms with Crippen molar-refractivity contribution in [2.75, 3.05) is 6.61 Å². The zero-order chi connectivity index (χ0) is 24.5. The van der Waals surface area contributed by atoms with Gasteiger partial charge in [0.15, 0.2) is 0 Å². The summed E-state index contributed by atoms with van der Waals surface area (Å²) in [5.74, 6) is -1.41. The lowest BCUT2D eigenvalue weighted by atomic mass is 9.95. The van der Waals surface area contributed by atoms with Gasteiger partial charge in [0.2, 0.25) is 0 Å². The van der Waals surface area contributed by atoms with Crippen LogP contribution in [0.25, 0.3) is 11.3 Å². The molecule has 0 aliphatic heterocycles. The van der Waals surface area contributed by atoms with Crippen molar-refractivity contribution in [1.82, 2.24) is 20.2 Å². The molecular weight excluding hydrogens is 446 g/mol. The Labute approximate surface area is 194 Å². The Morgan fingerprint density at radius 3 is 2.15 bits per heavy atom. The van der Waals surface area contributed by atoms with Crippen LogP contribution in [0.3, 0.4) is 0 Å². The summed E-state index contributed by atoms with van der Waals surface area (Å²) in [7, 11) is 0. The van der Waals surface area contributed by atoms with Gasteiger partial charge in [0, 0.05) is 12.0 Å². The maximum atomic E-state index is 13.6. The highest BCUT2D eigenvalue weighted by Gasteiger charge is 2.17. The molecule has 2 atom stereocenters. The van der Waals surface area contributed by atoms with E-state index in [1.165, 1.54) is 41.4 Å². The van der Waals surface area contributed by atoms with Gasteiger partial charge in [0.05, 0.1) is 30.9 Å². The van der Waals surface area contributed by atoms with Gasteiger partial charge in [-0.15, -0.1) is 5.10 Å². The molecule has 0 aliphatic rings. The molecule has 0 fully saturated rings. The zero-order valence-corrected chi connectivity index (χ0v) is 18.4. The average Bonchev–Trinajstić information content (AvgIpc) is 3.33. The van der Waals surface area contributed by atoms with Crippen molar-refractivity contribution < 1.29 is 28.5 Å². The minimum atomic E-state index is -1.11. The van der Waals surface area contributed by atoms with Crippen molar-refractivity contribution in [1.29, 1.82) is 0 Å². The summed E-state index contributed by atoms with van der Waals surface area (Å²) < 4.78 is 33.3. The third kappa shape index (κ3) is 6.87. The Morgan fingerprint density at radius 1 is 1.06 bits per heavy atom. The predicted octanol–water partition coefficient (Wildman–Crippen LogP) is 2.99. The number of esters is 1. The van der Waals surface area contributed by atoms with E-state index in [9.17, 15) is 23.8 Å². The first kappa shape index (κ1) is 24.9. The molecule has 34 heavy (non-hydrogen) atoms. The van der Waals surface area contributed by atoms with E-state index < -0.39 is 29.8 Å². The fraction of sp³-hybridized carbons (Fsp3) is 0.250. The Bertz CT molecular complexity index is 1080. The largest absolute Gasteiger partial charge is 0.466 e. The van der Waals surface area contributed by atoms with Crippen molar-refractivity contribution in [3.05, 3.63) is 89.8 Å². The van der Waals surface area contributed by atoms with E-state index in [4.69, 9.17) is 4.74 Å². The first-order valence-corrected chi connectivity index (χ1v) is 10.6. The lowest BCUT2D eigenvalue weighted by Gasteiger charge is -2.15. The molecule has 2 aromatic carbocycles. The number of ether oxygens (including phenoxy) is 1. The Kier molecular flexibility index (Phi) is 8.72. The zero-order valence-electron chi connectivity index (χ0n) is 18.4. The number of carbonyl (C=O) groups is 1. The number of allylic oxidation sites excluding steroid dienone is 2. The molecule has 3 rings (SSSR count). The number of hydrogen-bond acceptors (Lipinski definition) is 7. The predicted molar refractivity (Wildman–Crippen MR) is 120 cm³/mol. The second kappa shape index (κ2) is 11.9. The molecular formula is C24H24F2N4O4. The van der Waals surface area contributed by atoms with Gasteiger partial charge in [-0.1, -0.05) is 30.3 Å². The summed E-state index contributed by atoms with van der Waals surface area (Å²) in [5, 5.41) is 31.7. The van der Waals surface area contributed by atoms with Gasteiger partial charge in [-0.05, 0) is 58.8 Å². The van der Waals surface area contributed by atoms with Gasteiger partial charge in [0.25, 0.3) is 0 Å². The Balaban J connectivity index is 2.00. The molecule has 2 N–H and O–H groups in total. The van der Waals surface area contributed by atoms with Crippen LogP contribution < -0.4 is 0 Å². The fourth-order valence-electron chi connectivity index (χ4n) is 3.30. The molecule has 0 spiro atoms. The van der Waals surface area contributed by atoms with E-state index in [0.717, 1.165) is 0 Å². The Morgan fingerprint density at radius 2 is 1.65 bits per heavy atom. The lowest BCUT2D eigenvalue weighted by molar-refractivity contribution is -0.145. The van der Waals surface area contributed by atoms with Gasteiger partial charge < -0.3 is 14.9 Å². The number of carbonyl (C=O) groups excluding carboxylic acids is 1. The van der Waals surface area contributed by atoms with E-state index in [-0.39, 0.29) is 19.4 Å². The topological polar surface area (TPSA) is 110 Å². The molecule has 1 heterocycles. The third-order valence-corrected chi connectivity index (χ3v) is 4.82. The van der Waals surface area contributed by atoms with Crippen LogP contribution in [0.1, 0.15) is 30.9 Å². The maximum absolute atomic E-state index is 13.6. The monoisotopic (exact) mass is 470 g/mol. The van der Waals surface area contributed by atoms with Crippen molar-refractivity contribution in [3.63, 3.8) is 0 Å². The molecule has 0 bridgehead atoms. The molecule has 8 nitrogen and oxygen atoms in total. The fourth-order valence-corrected chi connectivity index (χ4v) is 3.30. The van der Waals surface area contributed by atoms with Crippen LogP contribution in [0.5, 0.6) is 0 Å². The van der Waals surface area contributed by atoms with Crippen LogP contribution in [-0.2, 0) is 9.53 Å². The highest BCUT2D eigenvalue weighted by atomic mass is 19.1. The summed E-state index contributed by atoms with van der Waals surface area (Å²) in [6.07, 6.45) is 1.73. The van der Waals surface area contributed by atoms with Crippen LogP contribution in [-0.4, -0.2) is 55.2 Å². The number of aliphatic hydroxyl groups is 2. The summed E-state index contributed by atoms with van der Waals surface area (Å²) in [6, 6.07) is 11.4. The van der Waals surface area contributed by atoms with E-state index in [1.54, 1.807) is 37.3 Å². The second-order valence-electron chi connectivity index (χ2n) is 7.35. The van der Waals surface area contributed by atoms with Crippen LogP contribution >= 0.6 is 0 Å². The smallest absolute Gasteiger partial charge is 0.308 e. The van der Waals surface area contributed by atoms with Crippen LogP contribution in [0, 0.1) is 11.6 Å². The van der Waals surface area contributed by atoms with Crippen LogP contribution in [0.4, 0.5) is 8.78 Å². The standard InChI is InChI=1S/C24H24F2N4O4/c1-2-34-23(33)14-21(32)13-20(31)11-12-22(30-15-27-28-29-30)24(16-3-7-18(25)8-4-16)17-5-9-19(26)10-6-17/h3-12,15,20-21,31-32H,2,13-14H2,1H3/b12-11+. The molecule has 2 unspecified atom stereocenters. The van der Waals surface area contributed by atoms with E-state index >= 15 is 0 Å². The molecule has 1 aromatic heterocycles. The number of tetrazole rings is 1. The molecule has 3 aromatic rings. The molecule has 0 amide bonds. The van der Waals surface area contributed by atoms with Crippen molar-refractivity contribution in [2.24, 2.45) is 0 Å². The quantitative estimate of drug-likeness (QED) is 0.346. The molecule has 178 valence electrons. The first-order chi connectivity index (χ1) is 16.4. The average molecular weight is 470 g/mol. The second-order valence-corrected chi connectivity index (χ2v) is 7.35. The van der Waals surface area contributed by atoms with E-state index in [0.29, 0.717) is 22.4 Å². The molecule has 0 saturated heterocycles. The summed E-state index contributed by atoms with van der Waals surface area (Å²) in [4.78, 5) is 11.5. The number of aliphatic hydroxyl groups excluding tert-OH is 2. The maximum Gasteiger partial charge on any atom is 0.308 e. The minimum Gasteiger partial charge on any atom is -0.466 e. The SMILES string of the molecule is CCOC(=O)CC(O)CC(O)/C=C/C(=C(c1ccc(F)cc1)c1ccc(F)cc1)n1cnnn1. The normalized spacial score (nSPS) is 13.0. The van der Waals surface area contributed by atoms with Crippen molar-refractivity contribution >= 4 is 17.2 Å².